The average molecular weight is 271 g/mol. The van der Waals surface area contributed by atoms with Crippen molar-refractivity contribution < 1.29 is 23.5 Å². The summed E-state index contributed by atoms with van der Waals surface area (Å²) in [6, 6.07) is 3.64. The van der Waals surface area contributed by atoms with Crippen molar-refractivity contribution in [2.45, 2.75) is 19.8 Å². The van der Waals surface area contributed by atoms with Gasteiger partial charge in [0.1, 0.15) is 0 Å². The maximum atomic E-state index is 13.3. The second kappa shape index (κ2) is 6.82. The Morgan fingerprint density at radius 2 is 2.05 bits per heavy atom. The Kier molecular flexibility index (Phi) is 5.41. The number of carbonyl (C=O) groups is 2. The zero-order chi connectivity index (χ0) is 14.4. The van der Waals surface area contributed by atoms with Crippen molar-refractivity contribution in [2.24, 2.45) is 5.92 Å². The van der Waals surface area contributed by atoms with Gasteiger partial charge in [0.2, 0.25) is 5.91 Å². The summed E-state index contributed by atoms with van der Waals surface area (Å²) in [5.41, 5.74) is -0.0246. The van der Waals surface area contributed by atoms with E-state index in [-0.39, 0.29) is 30.9 Å². The summed E-state index contributed by atoms with van der Waals surface area (Å²) in [7, 11) is 0. The second-order valence-electron chi connectivity index (χ2n) is 4.40. The first-order valence-corrected chi connectivity index (χ1v) is 5.81. The molecule has 0 heterocycles. The molecule has 1 aromatic rings. The van der Waals surface area contributed by atoms with Crippen LogP contribution in [-0.4, -0.2) is 23.5 Å². The highest BCUT2D eigenvalue weighted by molar-refractivity contribution is 5.78. The highest BCUT2D eigenvalue weighted by atomic mass is 19.2. The standard InChI is InChI=1S/C13H15F2NO3/c1-8(5-12(18)19)7-16-11(17)6-9-3-2-4-10(14)13(9)15/h2-4,8H,5-7H2,1H3,(H,16,17)(H,18,19). The molecule has 0 aliphatic heterocycles. The predicted molar refractivity (Wildman–Crippen MR) is 64.5 cm³/mol. The van der Waals surface area contributed by atoms with Crippen LogP contribution in [0, 0.1) is 17.6 Å². The lowest BCUT2D eigenvalue weighted by Crippen LogP contribution is -2.30. The first-order valence-electron chi connectivity index (χ1n) is 5.81. The predicted octanol–water partition coefficient (Wildman–Crippen LogP) is 1.73. The summed E-state index contributed by atoms with van der Waals surface area (Å²) in [6.45, 7) is 1.86. The Morgan fingerprint density at radius 1 is 1.37 bits per heavy atom. The molecule has 104 valence electrons. The van der Waals surface area contributed by atoms with Gasteiger partial charge >= 0.3 is 5.97 Å². The van der Waals surface area contributed by atoms with Gasteiger partial charge < -0.3 is 10.4 Å². The average Bonchev–Trinajstić information content (AvgIpc) is 2.32. The molecule has 19 heavy (non-hydrogen) atoms. The Balaban J connectivity index is 2.47. The van der Waals surface area contributed by atoms with Gasteiger partial charge in [-0.1, -0.05) is 19.1 Å². The van der Waals surface area contributed by atoms with Gasteiger partial charge in [-0.25, -0.2) is 8.78 Å². The molecule has 2 N–H and O–H groups in total. The molecule has 0 spiro atoms. The van der Waals surface area contributed by atoms with E-state index in [9.17, 15) is 18.4 Å². The van der Waals surface area contributed by atoms with E-state index in [1.54, 1.807) is 6.92 Å². The van der Waals surface area contributed by atoms with Crippen molar-refractivity contribution >= 4 is 11.9 Å². The summed E-state index contributed by atoms with van der Waals surface area (Å²) in [6.07, 6.45) is -0.335. The van der Waals surface area contributed by atoms with E-state index in [1.165, 1.54) is 12.1 Å². The highest BCUT2D eigenvalue weighted by Crippen LogP contribution is 2.11. The lowest BCUT2D eigenvalue weighted by atomic mass is 10.1. The molecule has 0 fully saturated rings. The molecule has 0 bridgehead atoms. The van der Waals surface area contributed by atoms with E-state index < -0.39 is 23.5 Å². The molecule has 0 aromatic heterocycles. The summed E-state index contributed by atoms with van der Waals surface area (Å²) in [5.74, 6) is -3.67. The van der Waals surface area contributed by atoms with Crippen LogP contribution in [0.3, 0.4) is 0 Å². The smallest absolute Gasteiger partial charge is 0.303 e. The normalized spacial score (nSPS) is 11.9. The number of hydrogen-bond acceptors (Lipinski definition) is 2. The van der Waals surface area contributed by atoms with E-state index in [1.807, 2.05) is 0 Å². The van der Waals surface area contributed by atoms with Crippen LogP contribution < -0.4 is 5.32 Å². The molecule has 6 heteroatoms. The van der Waals surface area contributed by atoms with Crippen molar-refractivity contribution in [3.8, 4) is 0 Å². The van der Waals surface area contributed by atoms with Crippen LogP contribution in [0.2, 0.25) is 0 Å². The van der Waals surface area contributed by atoms with Gasteiger partial charge in [-0.2, -0.15) is 0 Å². The minimum atomic E-state index is -1.03. The third-order valence-corrected chi connectivity index (χ3v) is 2.55. The molecular formula is C13H15F2NO3. The molecule has 0 aliphatic rings. The largest absolute Gasteiger partial charge is 0.481 e. The number of hydrogen-bond donors (Lipinski definition) is 2. The van der Waals surface area contributed by atoms with Gasteiger partial charge in [0.25, 0.3) is 0 Å². The van der Waals surface area contributed by atoms with Crippen LogP contribution in [0.25, 0.3) is 0 Å². The van der Waals surface area contributed by atoms with Crippen LogP contribution >= 0.6 is 0 Å². The van der Waals surface area contributed by atoms with Gasteiger partial charge in [0, 0.05) is 18.5 Å². The van der Waals surface area contributed by atoms with Gasteiger partial charge in [0.05, 0.1) is 6.42 Å². The molecule has 1 rings (SSSR count). The number of nitrogens with one attached hydrogen (secondary N) is 1. The van der Waals surface area contributed by atoms with Crippen molar-refractivity contribution in [1.29, 1.82) is 0 Å². The minimum absolute atomic E-state index is 0.0246. The van der Waals surface area contributed by atoms with Crippen molar-refractivity contribution in [2.75, 3.05) is 6.54 Å². The number of rotatable bonds is 6. The number of benzene rings is 1. The van der Waals surface area contributed by atoms with Crippen LogP contribution in [0.5, 0.6) is 0 Å². The third kappa shape index (κ3) is 5.03. The monoisotopic (exact) mass is 271 g/mol. The molecular weight excluding hydrogens is 256 g/mol. The number of amides is 1. The van der Waals surface area contributed by atoms with E-state index in [2.05, 4.69) is 5.32 Å². The first kappa shape index (κ1) is 15.1. The molecule has 0 saturated heterocycles. The molecule has 4 nitrogen and oxygen atoms in total. The van der Waals surface area contributed by atoms with Crippen LogP contribution in [0.1, 0.15) is 18.9 Å². The lowest BCUT2D eigenvalue weighted by Gasteiger charge is -2.10. The van der Waals surface area contributed by atoms with Crippen LogP contribution in [0.4, 0.5) is 8.78 Å². The van der Waals surface area contributed by atoms with Gasteiger partial charge in [-0.3, -0.25) is 9.59 Å². The summed E-state index contributed by atoms with van der Waals surface area (Å²) >= 11 is 0. The Bertz CT molecular complexity index is 477. The van der Waals surface area contributed by atoms with Crippen LogP contribution in [0.15, 0.2) is 18.2 Å². The molecule has 1 aromatic carbocycles. The summed E-state index contributed by atoms with van der Waals surface area (Å²) in [4.78, 5) is 21.9. The summed E-state index contributed by atoms with van der Waals surface area (Å²) < 4.78 is 26.2. The van der Waals surface area contributed by atoms with Gasteiger partial charge in [0.15, 0.2) is 11.6 Å². The van der Waals surface area contributed by atoms with Crippen molar-refractivity contribution in [3.05, 3.63) is 35.4 Å². The number of halogens is 2. The minimum Gasteiger partial charge on any atom is -0.481 e. The maximum Gasteiger partial charge on any atom is 0.303 e. The third-order valence-electron chi connectivity index (χ3n) is 2.55. The molecule has 1 amide bonds. The number of aliphatic carboxylic acids is 1. The van der Waals surface area contributed by atoms with E-state index in [4.69, 9.17) is 5.11 Å². The molecule has 0 saturated carbocycles. The fourth-order valence-electron chi connectivity index (χ4n) is 1.58. The van der Waals surface area contributed by atoms with Crippen molar-refractivity contribution in [3.63, 3.8) is 0 Å². The Morgan fingerprint density at radius 3 is 2.68 bits per heavy atom. The molecule has 1 atom stereocenters. The van der Waals surface area contributed by atoms with E-state index >= 15 is 0 Å². The Labute approximate surface area is 109 Å². The first-order chi connectivity index (χ1) is 8.90. The topological polar surface area (TPSA) is 66.4 Å². The quantitative estimate of drug-likeness (QED) is 0.828. The van der Waals surface area contributed by atoms with Gasteiger partial charge in [-0.15, -0.1) is 0 Å². The molecule has 0 radical (unpaired) electrons. The zero-order valence-corrected chi connectivity index (χ0v) is 10.5. The molecule has 0 aliphatic carbocycles. The van der Waals surface area contributed by atoms with E-state index in [0.717, 1.165) is 6.07 Å². The van der Waals surface area contributed by atoms with E-state index in [0.29, 0.717) is 0 Å². The van der Waals surface area contributed by atoms with Crippen LogP contribution in [-0.2, 0) is 16.0 Å². The maximum absolute atomic E-state index is 13.3. The van der Waals surface area contributed by atoms with Gasteiger partial charge in [-0.05, 0) is 12.0 Å². The lowest BCUT2D eigenvalue weighted by molar-refractivity contribution is -0.138. The highest BCUT2D eigenvalue weighted by Gasteiger charge is 2.13. The fraction of sp³-hybridized carbons (Fsp3) is 0.385. The number of carboxylic acids is 1. The SMILES string of the molecule is CC(CNC(=O)Cc1cccc(F)c1F)CC(=O)O. The number of carboxylic acid groups (broad SMARTS) is 1. The molecule has 1 unspecified atom stereocenters. The second-order valence-corrected chi connectivity index (χ2v) is 4.40. The summed E-state index contributed by atoms with van der Waals surface area (Å²) in [5, 5.41) is 11.0. The Hall–Kier alpha value is -1.98. The van der Waals surface area contributed by atoms with Crippen molar-refractivity contribution in [1.82, 2.24) is 5.32 Å². The number of carbonyl (C=O) groups excluding carboxylic acids is 1. The zero-order valence-electron chi connectivity index (χ0n) is 10.5. The fourth-order valence-corrected chi connectivity index (χ4v) is 1.58.